The molecule has 0 fully saturated rings. The fourth-order valence-corrected chi connectivity index (χ4v) is 8.15. The Hall–Kier alpha value is -2.29. The summed E-state index contributed by atoms with van der Waals surface area (Å²) in [7, 11) is 3.09. The predicted octanol–water partition coefficient (Wildman–Crippen LogP) is 13.2. The van der Waals surface area contributed by atoms with Gasteiger partial charge in [-0.25, -0.2) is 13.2 Å². The first-order valence-corrected chi connectivity index (χ1v) is 22.6. The van der Waals surface area contributed by atoms with E-state index in [1.807, 2.05) is 85.8 Å². The average molecular weight is 913 g/mol. The minimum Gasteiger partial charge on any atom is -0.207 e. The maximum absolute atomic E-state index is 12.9. The quantitative estimate of drug-likeness (QED) is 0.0770. The van der Waals surface area contributed by atoms with Crippen LogP contribution >= 0.6 is 71.5 Å². The first-order valence-electron chi connectivity index (χ1n) is 16.5. The van der Waals surface area contributed by atoms with E-state index >= 15 is 0 Å². The van der Waals surface area contributed by atoms with Crippen LogP contribution in [0.2, 0.25) is 0 Å². The summed E-state index contributed by atoms with van der Waals surface area (Å²) in [5.41, 5.74) is 3.46. The van der Waals surface area contributed by atoms with Crippen LogP contribution in [0, 0.1) is 24.4 Å². The molecule has 6 aromatic carbocycles. The van der Waals surface area contributed by atoms with E-state index in [1.165, 1.54) is 63.4 Å². The van der Waals surface area contributed by atoms with Crippen molar-refractivity contribution < 1.29 is 16.0 Å². The van der Waals surface area contributed by atoms with Crippen LogP contribution in [-0.4, -0.2) is 22.3 Å². The van der Waals surface area contributed by atoms with Crippen LogP contribution in [0.4, 0.5) is 13.2 Å². The molecule has 0 amide bonds. The average Bonchev–Trinajstić information content (AvgIpc) is 3.18. The molecular formula is C43H49Cl2F3IP3. The smallest absolute Gasteiger partial charge is 0.123 e. The second-order valence-electron chi connectivity index (χ2n) is 11.0. The fourth-order valence-electron chi connectivity index (χ4n) is 4.20. The highest BCUT2D eigenvalue weighted by molar-refractivity contribution is 14.1. The van der Waals surface area contributed by atoms with Crippen molar-refractivity contribution in [3.8, 4) is 0 Å². The number of hydrogen-bond acceptors (Lipinski definition) is 0. The Morgan fingerprint density at radius 3 is 1.42 bits per heavy atom. The minimum absolute atomic E-state index is 0. The largest absolute Gasteiger partial charge is 0.207 e. The molecule has 3 atom stereocenters. The number of hydrogen-bond donors (Lipinski definition) is 0. The van der Waals surface area contributed by atoms with Gasteiger partial charge < -0.3 is 0 Å². The van der Waals surface area contributed by atoms with Crippen LogP contribution in [0.1, 0.15) is 19.5 Å². The SMILES string of the molecule is Cc1ccc([18F])cc1.ClCCI.Pc1ccccc1.[18F]c1ccc(CP(CCCl)c2ccccc2)cc1.[18F]c1ccc(CPc2ccccc2)cc1.[2HH].[2HH]. The molecule has 0 nitrogen and oxygen atoms in total. The molecule has 0 aliphatic rings. The number of benzene rings is 6. The molecular weight excluding hydrogens is 861 g/mol. The molecule has 6 aromatic rings. The Labute approximate surface area is 340 Å². The lowest BCUT2D eigenvalue weighted by atomic mass is 10.2. The van der Waals surface area contributed by atoms with Crippen LogP contribution in [0.5, 0.6) is 0 Å². The minimum atomic E-state index is -0.296. The first kappa shape index (κ1) is 45.9. The predicted molar refractivity (Wildman–Crippen MR) is 244 cm³/mol. The van der Waals surface area contributed by atoms with Gasteiger partial charge in [0, 0.05) is 19.0 Å². The second kappa shape index (κ2) is 29.1. The van der Waals surface area contributed by atoms with Crippen molar-refractivity contribution in [1.29, 1.82) is 0 Å². The van der Waals surface area contributed by atoms with E-state index in [-0.39, 0.29) is 28.2 Å². The monoisotopic (exact) mass is 911 g/mol. The zero-order valence-electron chi connectivity index (χ0n) is 29.1. The molecule has 0 spiro atoms. The summed E-state index contributed by atoms with van der Waals surface area (Å²) < 4.78 is 38.7. The maximum atomic E-state index is 12.9. The molecule has 0 aliphatic heterocycles. The van der Waals surface area contributed by atoms with Gasteiger partial charge in [-0.2, -0.15) is 0 Å². The molecule has 52 heavy (non-hydrogen) atoms. The Bertz CT molecular complexity index is 1710. The van der Waals surface area contributed by atoms with Gasteiger partial charge in [0.15, 0.2) is 0 Å². The van der Waals surface area contributed by atoms with Gasteiger partial charge in [-0.15, -0.1) is 32.4 Å². The van der Waals surface area contributed by atoms with Gasteiger partial charge in [-0.05, 0) is 88.8 Å². The number of alkyl halides is 3. The molecule has 0 heterocycles. The molecule has 0 N–H and O–H groups in total. The standard InChI is InChI=1S/C15H15ClFP.C13H12FP.C7H7F.C6H7P.C2H4ClI.2H2/c16-10-11-18(15-4-2-1-3-5-15)12-13-6-8-14(17)9-7-13;14-12-8-6-11(7-9-12)10-15-13-4-2-1-3-5-13;1-6-2-4-7(8)5-3-6;7-6-4-2-1-3-5-6;3-1-2-4;;/h1-9H,10-12H2;1-9,15H,10H2;2-5H,1H3;1-5H,7H2;1-2H2;2*1H/i17-1;14-1;8-1;;;2*1+1. The highest BCUT2D eigenvalue weighted by Gasteiger charge is 2.11. The van der Waals surface area contributed by atoms with Gasteiger partial charge in [-0.1, -0.05) is 172 Å². The van der Waals surface area contributed by atoms with Crippen molar-refractivity contribution in [3.05, 3.63) is 198 Å². The Morgan fingerprint density at radius 2 is 1.02 bits per heavy atom. The zero-order valence-corrected chi connectivity index (χ0v) is 35.8. The lowest BCUT2D eigenvalue weighted by molar-refractivity contribution is 0.627. The van der Waals surface area contributed by atoms with Gasteiger partial charge in [0.1, 0.15) is 17.5 Å². The van der Waals surface area contributed by atoms with Crippen LogP contribution < -0.4 is 15.9 Å². The van der Waals surface area contributed by atoms with Gasteiger partial charge in [0.2, 0.25) is 0 Å². The highest BCUT2D eigenvalue weighted by atomic mass is 127. The Balaban J connectivity index is 0.000000700. The van der Waals surface area contributed by atoms with Gasteiger partial charge in [0.25, 0.3) is 0 Å². The van der Waals surface area contributed by atoms with Crippen molar-refractivity contribution in [2.45, 2.75) is 19.2 Å². The molecule has 0 aliphatic carbocycles. The van der Waals surface area contributed by atoms with Crippen molar-refractivity contribution in [1.82, 2.24) is 0 Å². The van der Waals surface area contributed by atoms with Gasteiger partial charge >= 0.3 is 0 Å². The van der Waals surface area contributed by atoms with E-state index in [0.717, 1.165) is 42.9 Å². The van der Waals surface area contributed by atoms with E-state index in [0.29, 0.717) is 5.88 Å². The van der Waals surface area contributed by atoms with Gasteiger partial charge in [-0.3, -0.25) is 0 Å². The molecule has 278 valence electrons. The lowest BCUT2D eigenvalue weighted by Gasteiger charge is -2.17. The molecule has 0 radical (unpaired) electrons. The van der Waals surface area contributed by atoms with Crippen LogP contribution in [0.15, 0.2) is 164 Å². The zero-order chi connectivity index (χ0) is 37.8. The Morgan fingerprint density at radius 1 is 0.596 bits per heavy atom. The highest BCUT2D eigenvalue weighted by Crippen LogP contribution is 2.38. The molecule has 0 bridgehead atoms. The summed E-state index contributed by atoms with van der Waals surface area (Å²) in [6.45, 7) is 1.93. The van der Waals surface area contributed by atoms with Crippen LogP contribution in [0.3, 0.4) is 0 Å². The number of rotatable bonds is 9. The summed E-state index contributed by atoms with van der Waals surface area (Å²) in [6.07, 6.45) is 2.95. The third kappa shape index (κ3) is 22.0. The third-order valence-electron chi connectivity index (χ3n) is 6.83. The summed E-state index contributed by atoms with van der Waals surface area (Å²) in [6, 6.07) is 50.9. The molecule has 0 saturated heterocycles. The maximum Gasteiger partial charge on any atom is 0.123 e. The Kier molecular flexibility index (Phi) is 25.7. The van der Waals surface area contributed by atoms with E-state index < -0.39 is 0 Å². The summed E-state index contributed by atoms with van der Waals surface area (Å²) >= 11 is 13.3. The summed E-state index contributed by atoms with van der Waals surface area (Å²) in [4.78, 5) is 0. The molecule has 3 unspecified atom stereocenters. The van der Waals surface area contributed by atoms with E-state index in [1.54, 1.807) is 12.1 Å². The summed E-state index contributed by atoms with van der Waals surface area (Å²) in [5.74, 6) is 0.931. The topological polar surface area (TPSA) is 0 Å². The van der Waals surface area contributed by atoms with E-state index in [4.69, 9.17) is 23.2 Å². The number of halogens is 6. The molecule has 0 saturated carbocycles. The van der Waals surface area contributed by atoms with E-state index in [9.17, 15) is 13.2 Å². The van der Waals surface area contributed by atoms with Crippen molar-refractivity contribution in [2.75, 3.05) is 22.3 Å². The normalized spacial score (nSPS) is 10.6. The molecule has 9 heteroatoms. The molecule has 6 rings (SSSR count). The first-order chi connectivity index (χ1) is 25.2. The lowest BCUT2D eigenvalue weighted by Crippen LogP contribution is -2.05. The van der Waals surface area contributed by atoms with Crippen LogP contribution in [-0.2, 0) is 12.3 Å². The second-order valence-corrected chi connectivity index (χ2v) is 17.1. The van der Waals surface area contributed by atoms with Crippen molar-refractivity contribution >= 4 is 87.4 Å². The molecule has 0 aromatic heterocycles. The van der Waals surface area contributed by atoms with Crippen molar-refractivity contribution in [3.63, 3.8) is 0 Å². The van der Waals surface area contributed by atoms with Gasteiger partial charge in [0.05, 0.1) is 0 Å². The summed E-state index contributed by atoms with van der Waals surface area (Å²) in [5, 5.41) is 3.95. The fraction of sp³-hybridized carbons (Fsp3) is 0.163. The number of aryl methyl sites for hydroxylation is 1. The van der Waals surface area contributed by atoms with Crippen LogP contribution in [0.25, 0.3) is 0 Å². The third-order valence-corrected chi connectivity index (χ3v) is 12.9. The van der Waals surface area contributed by atoms with E-state index in [2.05, 4.69) is 68.2 Å². The van der Waals surface area contributed by atoms with Crippen molar-refractivity contribution in [2.24, 2.45) is 0 Å².